The zero-order chi connectivity index (χ0) is 11.5. The predicted molar refractivity (Wildman–Crippen MR) is 67.9 cm³/mol. The van der Waals surface area contributed by atoms with Gasteiger partial charge in [-0.3, -0.25) is 4.79 Å². The Balaban J connectivity index is 3.18. The van der Waals surface area contributed by atoms with E-state index in [9.17, 15) is 13.2 Å². The van der Waals surface area contributed by atoms with Crippen LogP contribution in [0.5, 0.6) is 0 Å². The minimum Gasteiger partial charge on any atom is -0.276 e. The van der Waals surface area contributed by atoms with Gasteiger partial charge in [-0.1, -0.05) is 15.9 Å². The Labute approximate surface area is 99.1 Å². The van der Waals surface area contributed by atoms with Gasteiger partial charge >= 0.3 is 0 Å². The van der Waals surface area contributed by atoms with E-state index in [-0.39, 0.29) is 4.90 Å². The van der Waals surface area contributed by atoms with Crippen molar-refractivity contribution >= 4 is 52.3 Å². The van der Waals surface area contributed by atoms with Crippen molar-refractivity contribution in [1.82, 2.24) is 0 Å². The molecular weight excluding hydrogens is 298 g/mol. The summed E-state index contributed by atoms with van der Waals surface area (Å²) >= 11 is 3.19. The molecule has 0 saturated heterocycles. The molecule has 0 aliphatic heterocycles. The lowest BCUT2D eigenvalue weighted by molar-refractivity contribution is -0.105. The number of sulfone groups is 1. The second-order valence-electron chi connectivity index (χ2n) is 2.66. The van der Waals surface area contributed by atoms with Gasteiger partial charge in [-0.05, 0) is 24.3 Å². The number of carbonyl (C=O) groups is 1. The molecule has 7 heteroatoms. The fraction of sp³-hybridized carbons (Fsp3) is 0. The van der Waals surface area contributed by atoms with E-state index in [0.717, 1.165) is 10.3 Å². The SMILES string of the molecule is B/P=C\C(=O)S(=O)(=O)c1ccc(Br)cc1. The molecule has 1 aromatic carbocycles. The Kier molecular flexibility index (Phi) is 4.26. The van der Waals surface area contributed by atoms with Crippen LogP contribution >= 0.6 is 24.0 Å². The van der Waals surface area contributed by atoms with Crippen LogP contribution in [0, 0.1) is 0 Å². The zero-order valence-corrected chi connectivity index (χ0v) is 11.1. The Morgan fingerprint density at radius 2 is 1.87 bits per heavy atom. The van der Waals surface area contributed by atoms with E-state index in [1.54, 1.807) is 19.7 Å². The number of benzene rings is 1. The smallest absolute Gasteiger partial charge is 0.276 e. The predicted octanol–water partition coefficient (Wildman–Crippen LogP) is 1.05. The Morgan fingerprint density at radius 3 is 2.33 bits per heavy atom. The molecule has 0 fully saturated rings. The number of carbonyl (C=O) groups excluding carboxylic acids is 1. The van der Waals surface area contributed by atoms with E-state index >= 15 is 0 Å². The lowest BCUT2D eigenvalue weighted by Gasteiger charge is -1.99. The molecule has 0 heterocycles. The molecule has 0 aliphatic carbocycles. The van der Waals surface area contributed by atoms with Crippen molar-refractivity contribution in [2.24, 2.45) is 0 Å². The fourth-order valence-corrected chi connectivity index (χ4v) is 2.98. The molecule has 0 unspecified atom stereocenters. The topological polar surface area (TPSA) is 51.2 Å². The number of rotatable bonds is 2. The van der Waals surface area contributed by atoms with Gasteiger partial charge in [0, 0.05) is 10.3 Å². The lowest BCUT2D eigenvalue weighted by Crippen LogP contribution is -2.15. The minimum absolute atomic E-state index is 0.0237. The Morgan fingerprint density at radius 1 is 1.33 bits per heavy atom. The third-order valence-electron chi connectivity index (χ3n) is 1.62. The van der Waals surface area contributed by atoms with Gasteiger partial charge in [0.1, 0.15) is 0 Å². The molecule has 0 atom stereocenters. The molecule has 1 rings (SSSR count). The van der Waals surface area contributed by atoms with Crippen LogP contribution in [0.2, 0.25) is 0 Å². The van der Waals surface area contributed by atoms with Gasteiger partial charge in [-0.15, -0.1) is 0 Å². The molecular formula is C8H7BBrO3PS. The maximum Gasteiger partial charge on any atom is 0.277 e. The summed E-state index contributed by atoms with van der Waals surface area (Å²) in [6.07, 6.45) is 0. The molecule has 0 aromatic heterocycles. The second kappa shape index (κ2) is 5.06. The number of hydrogen-bond donors (Lipinski definition) is 0. The summed E-state index contributed by atoms with van der Waals surface area (Å²) < 4.78 is 24.0. The van der Waals surface area contributed by atoms with Crippen LogP contribution in [0.3, 0.4) is 0 Å². The molecule has 0 bridgehead atoms. The van der Waals surface area contributed by atoms with Gasteiger partial charge in [-0.2, -0.15) is 8.08 Å². The quantitative estimate of drug-likeness (QED) is 0.606. The second-order valence-corrected chi connectivity index (χ2v) is 6.23. The van der Waals surface area contributed by atoms with Crippen LogP contribution in [0.1, 0.15) is 0 Å². The first-order valence-corrected chi connectivity index (χ1v) is 7.64. The van der Waals surface area contributed by atoms with Crippen molar-refractivity contribution in [2.45, 2.75) is 4.90 Å². The molecule has 3 nitrogen and oxygen atoms in total. The molecule has 1 aromatic rings. The van der Waals surface area contributed by atoms with Crippen LogP contribution in [0.25, 0.3) is 0 Å². The van der Waals surface area contributed by atoms with E-state index < -0.39 is 15.0 Å². The van der Waals surface area contributed by atoms with Gasteiger partial charge in [0.05, 0.1) is 4.90 Å². The standard InChI is InChI=1S/C8H7BBrO3PS/c9-14-5-8(11)15(12,13)7-3-1-6(10)2-4-7/h1-5H,9H2. The van der Waals surface area contributed by atoms with Crippen molar-refractivity contribution in [3.8, 4) is 0 Å². The lowest BCUT2D eigenvalue weighted by atomic mass is 10.4. The maximum absolute atomic E-state index is 11.6. The number of halogens is 1. The summed E-state index contributed by atoms with van der Waals surface area (Å²) in [6, 6.07) is 5.98. The molecule has 0 aliphatic rings. The highest BCUT2D eigenvalue weighted by Crippen LogP contribution is 2.16. The molecule has 0 saturated carbocycles. The van der Waals surface area contributed by atoms with Crippen molar-refractivity contribution in [3.63, 3.8) is 0 Å². The average Bonchev–Trinajstić information content (AvgIpc) is 2.18. The molecule has 0 radical (unpaired) electrons. The van der Waals surface area contributed by atoms with Crippen molar-refractivity contribution in [2.75, 3.05) is 0 Å². The van der Waals surface area contributed by atoms with Gasteiger partial charge in [-0.25, -0.2) is 8.42 Å². The first-order chi connectivity index (χ1) is 6.98. The minimum atomic E-state index is -3.84. The largest absolute Gasteiger partial charge is 0.277 e. The summed E-state index contributed by atoms with van der Waals surface area (Å²) in [5.41, 5.74) is 0. The summed E-state index contributed by atoms with van der Waals surface area (Å²) in [4.78, 5) is 11.3. The summed E-state index contributed by atoms with van der Waals surface area (Å²) in [5.74, 6) is 1.14. The Hall–Kier alpha value is -0.445. The van der Waals surface area contributed by atoms with E-state index in [1.165, 1.54) is 12.1 Å². The summed E-state index contributed by atoms with van der Waals surface area (Å²) in [7, 11) is -1.52. The molecule has 0 amide bonds. The monoisotopic (exact) mass is 304 g/mol. The third kappa shape index (κ3) is 3.00. The summed E-state index contributed by atoms with van der Waals surface area (Å²) in [5, 5.41) is -0.853. The average molecular weight is 305 g/mol. The molecule has 15 heavy (non-hydrogen) atoms. The molecule has 0 spiro atoms. The van der Waals surface area contributed by atoms with Crippen LogP contribution < -0.4 is 0 Å². The van der Waals surface area contributed by atoms with Crippen LogP contribution in [-0.2, 0) is 14.6 Å². The normalized spacial score (nSPS) is 11.8. The first-order valence-electron chi connectivity index (χ1n) is 3.95. The first kappa shape index (κ1) is 12.6. The number of hydrogen-bond acceptors (Lipinski definition) is 3. The van der Waals surface area contributed by atoms with Crippen LogP contribution in [0.15, 0.2) is 33.6 Å². The van der Waals surface area contributed by atoms with Crippen molar-refractivity contribution in [3.05, 3.63) is 28.7 Å². The highest BCUT2D eigenvalue weighted by Gasteiger charge is 2.21. The van der Waals surface area contributed by atoms with E-state index in [2.05, 4.69) is 15.9 Å². The van der Waals surface area contributed by atoms with Gasteiger partial charge in [0.2, 0.25) is 9.84 Å². The zero-order valence-electron chi connectivity index (χ0n) is 7.84. The Bertz CT molecular complexity index is 495. The molecule has 78 valence electrons. The van der Waals surface area contributed by atoms with Gasteiger partial charge in [0.15, 0.2) is 7.57 Å². The van der Waals surface area contributed by atoms with E-state index in [0.29, 0.717) is 8.08 Å². The van der Waals surface area contributed by atoms with Gasteiger partial charge < -0.3 is 0 Å². The van der Waals surface area contributed by atoms with Crippen LogP contribution in [0.4, 0.5) is 0 Å². The van der Waals surface area contributed by atoms with Crippen molar-refractivity contribution < 1.29 is 13.2 Å². The summed E-state index contributed by atoms with van der Waals surface area (Å²) in [6.45, 7) is 0. The molecule has 0 N–H and O–H groups in total. The van der Waals surface area contributed by atoms with Crippen LogP contribution in [-0.4, -0.2) is 26.9 Å². The van der Waals surface area contributed by atoms with Crippen molar-refractivity contribution in [1.29, 1.82) is 0 Å². The highest BCUT2D eigenvalue weighted by atomic mass is 79.9. The highest BCUT2D eigenvalue weighted by molar-refractivity contribution is 9.10. The maximum atomic E-state index is 11.6. The van der Waals surface area contributed by atoms with Gasteiger partial charge in [0.25, 0.3) is 5.12 Å². The fourth-order valence-electron chi connectivity index (χ4n) is 0.905. The van der Waals surface area contributed by atoms with E-state index in [4.69, 9.17) is 0 Å². The third-order valence-corrected chi connectivity index (χ3v) is 4.36. The van der Waals surface area contributed by atoms with E-state index in [1.807, 2.05) is 0 Å².